The normalized spacial score (nSPS) is 18.2. The summed E-state index contributed by atoms with van der Waals surface area (Å²) in [6, 6.07) is 0. The summed E-state index contributed by atoms with van der Waals surface area (Å²) < 4.78 is 7.12. The van der Waals surface area contributed by atoms with Gasteiger partial charge in [-0.3, -0.25) is 9.58 Å². The molecule has 1 aliphatic rings. The molecule has 0 amide bonds. The maximum Gasteiger partial charge on any atom is 0.0974 e. The van der Waals surface area contributed by atoms with E-state index in [1.807, 2.05) is 10.9 Å². The van der Waals surface area contributed by atoms with Crippen LogP contribution < -0.4 is 0 Å². The van der Waals surface area contributed by atoms with Crippen molar-refractivity contribution in [3.05, 3.63) is 11.9 Å². The first-order chi connectivity index (χ1) is 7.38. The fourth-order valence-electron chi connectivity index (χ4n) is 1.58. The number of morpholine rings is 1. The van der Waals surface area contributed by atoms with Gasteiger partial charge in [0.25, 0.3) is 0 Å². The maximum atomic E-state index is 5.65. The molecule has 6 heteroatoms. The number of hydrogen-bond donors (Lipinski definition) is 0. The Morgan fingerprint density at radius 3 is 2.80 bits per heavy atom. The highest BCUT2D eigenvalue weighted by atomic mass is 35.5. The van der Waals surface area contributed by atoms with Gasteiger partial charge in [-0.05, 0) is 0 Å². The molecule has 1 saturated heterocycles. The zero-order chi connectivity index (χ0) is 10.5. The Balaban J connectivity index is 1.76. The third-order valence-electron chi connectivity index (χ3n) is 2.47. The molecule has 5 nitrogen and oxygen atoms in total. The number of aromatic nitrogens is 3. The Bertz CT molecular complexity index is 298. The van der Waals surface area contributed by atoms with Gasteiger partial charge in [-0.1, -0.05) is 5.21 Å². The molecule has 1 aromatic heterocycles. The standard InChI is InChI=1S/C9H15ClN4O/c10-7-9-8-14(12-11-9)2-1-13-3-5-15-6-4-13/h8H,1-7H2. The number of alkyl halides is 1. The number of halogens is 1. The first-order valence-electron chi connectivity index (χ1n) is 5.13. The lowest BCUT2D eigenvalue weighted by Gasteiger charge is -2.26. The van der Waals surface area contributed by atoms with E-state index in [4.69, 9.17) is 16.3 Å². The van der Waals surface area contributed by atoms with Crippen molar-refractivity contribution in [1.82, 2.24) is 19.9 Å². The third-order valence-corrected chi connectivity index (χ3v) is 2.75. The third kappa shape index (κ3) is 3.15. The topological polar surface area (TPSA) is 43.2 Å². The second kappa shape index (κ2) is 5.44. The summed E-state index contributed by atoms with van der Waals surface area (Å²) in [5, 5.41) is 7.93. The molecule has 2 heterocycles. The molecule has 2 rings (SSSR count). The van der Waals surface area contributed by atoms with Crippen molar-refractivity contribution in [3.8, 4) is 0 Å². The quantitative estimate of drug-likeness (QED) is 0.701. The van der Waals surface area contributed by atoms with E-state index in [0.29, 0.717) is 5.88 Å². The van der Waals surface area contributed by atoms with Gasteiger partial charge in [0.15, 0.2) is 0 Å². The van der Waals surface area contributed by atoms with E-state index < -0.39 is 0 Å². The number of hydrogen-bond acceptors (Lipinski definition) is 4. The van der Waals surface area contributed by atoms with E-state index >= 15 is 0 Å². The van der Waals surface area contributed by atoms with Gasteiger partial charge in [0.1, 0.15) is 0 Å². The molecule has 1 aliphatic heterocycles. The van der Waals surface area contributed by atoms with Gasteiger partial charge in [-0.2, -0.15) is 0 Å². The minimum Gasteiger partial charge on any atom is -0.379 e. The Morgan fingerprint density at radius 1 is 1.33 bits per heavy atom. The smallest absolute Gasteiger partial charge is 0.0974 e. The maximum absolute atomic E-state index is 5.65. The molecule has 0 aromatic carbocycles. The van der Waals surface area contributed by atoms with E-state index in [9.17, 15) is 0 Å². The fraction of sp³-hybridized carbons (Fsp3) is 0.778. The van der Waals surface area contributed by atoms with Gasteiger partial charge in [0.2, 0.25) is 0 Å². The Labute approximate surface area is 94.0 Å². The van der Waals surface area contributed by atoms with Gasteiger partial charge < -0.3 is 4.74 Å². The van der Waals surface area contributed by atoms with Gasteiger partial charge in [0, 0.05) is 25.8 Å². The van der Waals surface area contributed by atoms with Crippen molar-refractivity contribution in [3.63, 3.8) is 0 Å². The molecule has 1 fully saturated rings. The molecular formula is C9H15ClN4O. The van der Waals surface area contributed by atoms with Crippen LogP contribution in [0.15, 0.2) is 6.20 Å². The monoisotopic (exact) mass is 230 g/mol. The van der Waals surface area contributed by atoms with Gasteiger partial charge in [-0.15, -0.1) is 16.7 Å². The lowest BCUT2D eigenvalue weighted by Crippen LogP contribution is -2.38. The second-order valence-corrected chi connectivity index (χ2v) is 3.83. The van der Waals surface area contributed by atoms with Crippen LogP contribution in [0.3, 0.4) is 0 Å². The van der Waals surface area contributed by atoms with Crippen LogP contribution in [0.5, 0.6) is 0 Å². The van der Waals surface area contributed by atoms with E-state index in [-0.39, 0.29) is 0 Å². The molecule has 15 heavy (non-hydrogen) atoms. The van der Waals surface area contributed by atoms with Crippen LogP contribution in [0.1, 0.15) is 5.69 Å². The Kier molecular flexibility index (Phi) is 3.94. The first-order valence-corrected chi connectivity index (χ1v) is 5.67. The van der Waals surface area contributed by atoms with E-state index in [2.05, 4.69) is 15.2 Å². The molecule has 0 aliphatic carbocycles. The molecule has 84 valence electrons. The van der Waals surface area contributed by atoms with Crippen LogP contribution in [0.25, 0.3) is 0 Å². The summed E-state index contributed by atoms with van der Waals surface area (Å²) in [6.45, 7) is 5.56. The molecule has 0 saturated carbocycles. The summed E-state index contributed by atoms with van der Waals surface area (Å²) in [7, 11) is 0. The molecule has 0 unspecified atom stereocenters. The van der Waals surface area contributed by atoms with Gasteiger partial charge >= 0.3 is 0 Å². The number of rotatable bonds is 4. The molecule has 0 spiro atoms. The molecule has 0 atom stereocenters. The van der Waals surface area contributed by atoms with Crippen molar-refractivity contribution in [1.29, 1.82) is 0 Å². The highest BCUT2D eigenvalue weighted by Crippen LogP contribution is 2.00. The van der Waals surface area contributed by atoms with Crippen LogP contribution in [0.4, 0.5) is 0 Å². The largest absolute Gasteiger partial charge is 0.379 e. The minimum atomic E-state index is 0.428. The summed E-state index contributed by atoms with van der Waals surface area (Å²) >= 11 is 5.65. The van der Waals surface area contributed by atoms with Crippen LogP contribution in [-0.4, -0.2) is 52.7 Å². The highest BCUT2D eigenvalue weighted by Gasteiger charge is 2.10. The molecule has 0 bridgehead atoms. The second-order valence-electron chi connectivity index (χ2n) is 3.56. The van der Waals surface area contributed by atoms with Crippen molar-refractivity contribution < 1.29 is 4.74 Å². The number of ether oxygens (including phenoxy) is 1. The van der Waals surface area contributed by atoms with Crippen molar-refractivity contribution in [2.24, 2.45) is 0 Å². The molecular weight excluding hydrogens is 216 g/mol. The van der Waals surface area contributed by atoms with Crippen molar-refractivity contribution in [2.45, 2.75) is 12.4 Å². The van der Waals surface area contributed by atoms with Crippen LogP contribution in [0.2, 0.25) is 0 Å². The van der Waals surface area contributed by atoms with Crippen molar-refractivity contribution >= 4 is 11.6 Å². The van der Waals surface area contributed by atoms with Crippen LogP contribution in [0, 0.1) is 0 Å². The Morgan fingerprint density at radius 2 is 2.13 bits per heavy atom. The average Bonchev–Trinajstić information content (AvgIpc) is 2.76. The van der Waals surface area contributed by atoms with Crippen LogP contribution >= 0.6 is 11.6 Å². The summed E-state index contributed by atoms with van der Waals surface area (Å²) in [5.74, 6) is 0.428. The van der Waals surface area contributed by atoms with E-state index in [1.54, 1.807) is 0 Å². The van der Waals surface area contributed by atoms with Crippen molar-refractivity contribution in [2.75, 3.05) is 32.8 Å². The minimum absolute atomic E-state index is 0.428. The first kappa shape index (κ1) is 10.9. The van der Waals surface area contributed by atoms with E-state index in [1.165, 1.54) is 0 Å². The lowest BCUT2D eigenvalue weighted by molar-refractivity contribution is 0.0359. The van der Waals surface area contributed by atoms with E-state index in [0.717, 1.165) is 45.1 Å². The lowest BCUT2D eigenvalue weighted by atomic mass is 10.4. The predicted molar refractivity (Wildman–Crippen MR) is 56.8 cm³/mol. The predicted octanol–water partition coefficient (Wildman–Crippen LogP) is 0.349. The highest BCUT2D eigenvalue weighted by molar-refractivity contribution is 6.16. The summed E-state index contributed by atoms with van der Waals surface area (Å²) in [4.78, 5) is 2.37. The summed E-state index contributed by atoms with van der Waals surface area (Å²) in [5.41, 5.74) is 0.832. The molecule has 0 radical (unpaired) electrons. The average molecular weight is 231 g/mol. The zero-order valence-electron chi connectivity index (χ0n) is 8.60. The van der Waals surface area contributed by atoms with Gasteiger partial charge in [-0.25, -0.2) is 0 Å². The van der Waals surface area contributed by atoms with Gasteiger partial charge in [0.05, 0.1) is 31.3 Å². The summed E-state index contributed by atoms with van der Waals surface area (Å²) in [6.07, 6.45) is 1.90. The molecule has 1 aromatic rings. The Hall–Kier alpha value is -0.650. The van der Waals surface area contributed by atoms with Crippen LogP contribution in [-0.2, 0) is 17.2 Å². The zero-order valence-corrected chi connectivity index (χ0v) is 9.36. The fourth-order valence-corrected chi connectivity index (χ4v) is 1.70. The SMILES string of the molecule is ClCc1cn(CCN2CCOCC2)nn1. The number of nitrogens with zero attached hydrogens (tertiary/aromatic N) is 4. The molecule has 0 N–H and O–H groups in total.